The van der Waals surface area contributed by atoms with Crippen LogP contribution in [0.5, 0.6) is 0 Å². The number of carbonyl (C=O) groups is 5. The number of carbonyl (C=O) groups excluding carboxylic acids is 3. The third-order valence-electron chi connectivity index (χ3n) is 4.22. The molecule has 178 valence electrons. The van der Waals surface area contributed by atoms with E-state index in [-0.39, 0.29) is 24.3 Å². The van der Waals surface area contributed by atoms with Gasteiger partial charge >= 0.3 is 11.9 Å². The maximum Gasteiger partial charge on any atom is 0.327 e. The van der Waals surface area contributed by atoms with Crippen molar-refractivity contribution in [2.75, 3.05) is 11.5 Å². The zero-order valence-corrected chi connectivity index (χ0v) is 18.6. The Morgan fingerprint density at radius 1 is 0.969 bits per heavy atom. The van der Waals surface area contributed by atoms with Crippen LogP contribution >= 0.6 is 25.3 Å². The number of nitrogens with two attached hydrogens (primary N) is 1. The van der Waals surface area contributed by atoms with Crippen molar-refractivity contribution < 1.29 is 34.2 Å². The van der Waals surface area contributed by atoms with E-state index in [1.54, 1.807) is 0 Å². The highest BCUT2D eigenvalue weighted by Crippen LogP contribution is 2.04. The van der Waals surface area contributed by atoms with Gasteiger partial charge in [0.05, 0.1) is 12.4 Å². The van der Waals surface area contributed by atoms with Crippen LogP contribution in [-0.4, -0.2) is 85.5 Å². The molecule has 0 saturated carbocycles. The van der Waals surface area contributed by atoms with Crippen molar-refractivity contribution in [3.8, 4) is 0 Å². The molecule has 0 aromatic carbocycles. The van der Waals surface area contributed by atoms with Crippen LogP contribution in [-0.2, 0) is 30.4 Å². The molecule has 0 bridgehead atoms. The predicted octanol–water partition coefficient (Wildman–Crippen LogP) is -2.46. The Labute approximate surface area is 194 Å². The number of aromatic nitrogens is 2. The summed E-state index contributed by atoms with van der Waals surface area (Å²) in [5, 5.41) is 25.1. The first-order chi connectivity index (χ1) is 15.1. The quantitative estimate of drug-likeness (QED) is 0.126. The molecule has 1 rings (SSSR count). The molecule has 8 N–H and O–H groups in total. The first kappa shape index (κ1) is 27.3. The normalized spacial score (nSPS) is 14.5. The second-order valence-corrected chi connectivity index (χ2v) is 7.44. The van der Waals surface area contributed by atoms with Crippen molar-refractivity contribution in [1.29, 1.82) is 0 Å². The van der Waals surface area contributed by atoms with Crippen molar-refractivity contribution in [3.05, 3.63) is 18.2 Å². The van der Waals surface area contributed by atoms with E-state index in [0.717, 1.165) is 0 Å². The van der Waals surface area contributed by atoms with E-state index in [1.165, 1.54) is 12.5 Å². The Morgan fingerprint density at radius 2 is 1.56 bits per heavy atom. The third kappa shape index (κ3) is 9.15. The molecule has 4 atom stereocenters. The van der Waals surface area contributed by atoms with E-state index in [2.05, 4.69) is 51.2 Å². The predicted molar refractivity (Wildman–Crippen MR) is 118 cm³/mol. The molecule has 0 aliphatic rings. The number of aliphatic carboxylic acids is 2. The first-order valence-electron chi connectivity index (χ1n) is 9.39. The highest BCUT2D eigenvalue weighted by atomic mass is 32.1. The molecule has 0 spiro atoms. The molecule has 1 heterocycles. The van der Waals surface area contributed by atoms with Crippen molar-refractivity contribution in [2.24, 2.45) is 5.73 Å². The lowest BCUT2D eigenvalue weighted by atomic mass is 10.1. The second-order valence-electron chi connectivity index (χ2n) is 6.71. The van der Waals surface area contributed by atoms with Crippen molar-refractivity contribution in [1.82, 2.24) is 25.9 Å². The Balaban J connectivity index is 3.02. The van der Waals surface area contributed by atoms with Crippen LogP contribution in [0.25, 0.3) is 0 Å². The number of carboxylic acid groups (broad SMARTS) is 2. The fourth-order valence-corrected chi connectivity index (χ4v) is 2.87. The molecule has 0 aliphatic heterocycles. The number of nitrogens with zero attached hydrogens (tertiary/aromatic N) is 1. The molecular weight excluding hydrogens is 464 g/mol. The summed E-state index contributed by atoms with van der Waals surface area (Å²) < 4.78 is 0. The number of H-pyrrole nitrogens is 1. The lowest BCUT2D eigenvalue weighted by molar-refractivity contribution is -0.142. The highest BCUT2D eigenvalue weighted by Gasteiger charge is 2.30. The number of aromatic amines is 1. The first-order valence-corrected chi connectivity index (χ1v) is 10.7. The lowest BCUT2D eigenvalue weighted by Gasteiger charge is -2.24. The minimum absolute atomic E-state index is 0.0220. The highest BCUT2D eigenvalue weighted by molar-refractivity contribution is 7.80. The Hall–Kier alpha value is -2.78. The van der Waals surface area contributed by atoms with Crippen LogP contribution in [0.2, 0.25) is 0 Å². The average molecular weight is 491 g/mol. The molecular formula is C17H26N6O7S2. The van der Waals surface area contributed by atoms with Gasteiger partial charge in [-0.15, -0.1) is 0 Å². The SMILES string of the molecule is NC(CS)C(=O)NC(Cc1cnc[nH]1)C(=O)NC(CCC(=O)O)C(=O)NC(CS)C(=O)O. The Morgan fingerprint density at radius 3 is 2.06 bits per heavy atom. The van der Waals surface area contributed by atoms with E-state index in [9.17, 15) is 24.0 Å². The maximum atomic E-state index is 12.9. The van der Waals surface area contributed by atoms with Gasteiger partial charge in [0, 0.05) is 36.2 Å². The Bertz CT molecular complexity index is 807. The molecule has 13 nitrogen and oxygen atoms in total. The number of hydrogen-bond acceptors (Lipinski definition) is 9. The lowest BCUT2D eigenvalue weighted by Crippen LogP contribution is -2.58. The molecule has 15 heteroatoms. The van der Waals surface area contributed by atoms with Gasteiger partial charge in [0.15, 0.2) is 0 Å². The van der Waals surface area contributed by atoms with E-state index in [0.29, 0.717) is 5.69 Å². The van der Waals surface area contributed by atoms with Gasteiger partial charge in [0.1, 0.15) is 18.1 Å². The number of thiol groups is 2. The van der Waals surface area contributed by atoms with Gasteiger partial charge in [0.25, 0.3) is 0 Å². The van der Waals surface area contributed by atoms with Crippen molar-refractivity contribution in [3.63, 3.8) is 0 Å². The fourth-order valence-electron chi connectivity index (χ4n) is 2.45. The molecule has 0 radical (unpaired) electrons. The van der Waals surface area contributed by atoms with Crippen LogP contribution in [0.3, 0.4) is 0 Å². The molecule has 32 heavy (non-hydrogen) atoms. The van der Waals surface area contributed by atoms with E-state index < -0.39 is 60.2 Å². The number of rotatable bonds is 14. The molecule has 4 unspecified atom stereocenters. The zero-order valence-electron chi connectivity index (χ0n) is 16.9. The summed E-state index contributed by atoms with van der Waals surface area (Å²) in [6.07, 6.45) is 1.99. The topological polar surface area (TPSA) is 217 Å². The van der Waals surface area contributed by atoms with Gasteiger partial charge in [-0.1, -0.05) is 0 Å². The van der Waals surface area contributed by atoms with Gasteiger partial charge in [-0.2, -0.15) is 25.3 Å². The largest absolute Gasteiger partial charge is 0.481 e. The number of nitrogens with one attached hydrogen (secondary N) is 4. The van der Waals surface area contributed by atoms with Crippen LogP contribution in [0.15, 0.2) is 12.5 Å². The second kappa shape index (κ2) is 13.6. The summed E-state index contributed by atoms with van der Waals surface area (Å²) >= 11 is 7.79. The molecule has 3 amide bonds. The minimum atomic E-state index is -1.37. The summed E-state index contributed by atoms with van der Waals surface area (Å²) in [6.45, 7) is 0. The average Bonchev–Trinajstić information content (AvgIpc) is 3.26. The number of hydrogen-bond donors (Lipinski definition) is 9. The molecule has 0 saturated heterocycles. The number of imidazole rings is 1. The standard InChI is InChI=1S/C17H26N6O7S2/c18-9(5-31)14(26)22-11(3-8-4-19-7-20-8)16(28)21-10(1-2-13(24)25)15(27)23-12(6-32)17(29)30/h4,7,9-12,31-32H,1-3,5-6,18H2,(H,19,20)(H,21,28)(H,22,26)(H,23,27)(H,24,25)(H,29,30). The van der Waals surface area contributed by atoms with Gasteiger partial charge in [-0.3, -0.25) is 19.2 Å². The summed E-state index contributed by atoms with van der Waals surface area (Å²) in [5.41, 5.74) is 6.13. The molecule has 0 fully saturated rings. The minimum Gasteiger partial charge on any atom is -0.481 e. The summed E-state index contributed by atoms with van der Waals surface area (Å²) in [4.78, 5) is 66.3. The van der Waals surface area contributed by atoms with E-state index in [4.69, 9.17) is 15.9 Å². The van der Waals surface area contributed by atoms with Gasteiger partial charge < -0.3 is 36.9 Å². The van der Waals surface area contributed by atoms with Crippen LogP contribution in [0.4, 0.5) is 0 Å². The van der Waals surface area contributed by atoms with Crippen LogP contribution < -0.4 is 21.7 Å². The van der Waals surface area contributed by atoms with E-state index >= 15 is 0 Å². The summed E-state index contributed by atoms with van der Waals surface area (Å²) in [6, 6.07) is -4.90. The molecule has 1 aromatic heterocycles. The van der Waals surface area contributed by atoms with Gasteiger partial charge in [-0.25, -0.2) is 9.78 Å². The third-order valence-corrected chi connectivity index (χ3v) is 4.98. The fraction of sp³-hybridized carbons (Fsp3) is 0.529. The van der Waals surface area contributed by atoms with Crippen LogP contribution in [0.1, 0.15) is 18.5 Å². The Kier molecular flexibility index (Phi) is 11.6. The van der Waals surface area contributed by atoms with E-state index in [1.807, 2.05) is 0 Å². The molecule has 1 aromatic rings. The van der Waals surface area contributed by atoms with Crippen molar-refractivity contribution >= 4 is 54.9 Å². The smallest absolute Gasteiger partial charge is 0.327 e. The summed E-state index contributed by atoms with van der Waals surface area (Å²) in [5.74, 6) is -5.13. The monoisotopic (exact) mass is 490 g/mol. The van der Waals surface area contributed by atoms with Crippen LogP contribution in [0, 0.1) is 0 Å². The maximum absolute atomic E-state index is 12.9. The van der Waals surface area contributed by atoms with Gasteiger partial charge in [-0.05, 0) is 6.42 Å². The zero-order chi connectivity index (χ0) is 24.3. The van der Waals surface area contributed by atoms with Gasteiger partial charge in [0.2, 0.25) is 17.7 Å². The summed E-state index contributed by atoms with van der Waals surface area (Å²) in [7, 11) is 0. The van der Waals surface area contributed by atoms with Crippen molar-refractivity contribution in [2.45, 2.75) is 43.4 Å². The number of carboxylic acids is 2. The molecule has 0 aliphatic carbocycles. The number of amides is 3.